The molecule has 1 aromatic heterocycles. The number of piperidine rings is 1. The van der Waals surface area contributed by atoms with Gasteiger partial charge in [0.15, 0.2) is 0 Å². The van der Waals surface area contributed by atoms with Gasteiger partial charge in [-0.1, -0.05) is 0 Å². The molecule has 11 heteroatoms. The third kappa shape index (κ3) is 10.9. The largest absolute Gasteiger partial charge is 0.473 e. The SMILES string of the molecule is COCCCC(=O)CC1CCN(S(=O)(=O)c2ccc(OCC(=CF)CCC(=O)OC(C)(C)C)nc2)CC1. The normalized spacial score (nSPS) is 16.0. The van der Waals surface area contributed by atoms with Gasteiger partial charge in [-0.05, 0) is 64.0 Å². The summed E-state index contributed by atoms with van der Waals surface area (Å²) in [4.78, 5) is 28.0. The summed E-state index contributed by atoms with van der Waals surface area (Å²) in [6.45, 7) is 6.39. The Morgan fingerprint density at radius 2 is 1.86 bits per heavy atom. The molecule has 1 aliphatic rings. The van der Waals surface area contributed by atoms with E-state index in [1.54, 1.807) is 27.9 Å². The highest BCUT2D eigenvalue weighted by Crippen LogP contribution is 2.26. The van der Waals surface area contributed by atoms with Gasteiger partial charge in [0.2, 0.25) is 15.9 Å². The van der Waals surface area contributed by atoms with Gasteiger partial charge in [-0.15, -0.1) is 0 Å². The van der Waals surface area contributed by atoms with Crippen molar-refractivity contribution in [3.8, 4) is 5.88 Å². The predicted molar refractivity (Wildman–Crippen MR) is 136 cm³/mol. The van der Waals surface area contributed by atoms with Crippen LogP contribution < -0.4 is 4.74 Å². The second-order valence-corrected chi connectivity index (χ2v) is 12.1. The van der Waals surface area contributed by atoms with Crippen molar-refractivity contribution in [2.75, 3.05) is 33.4 Å². The van der Waals surface area contributed by atoms with Crippen molar-refractivity contribution in [1.29, 1.82) is 0 Å². The minimum absolute atomic E-state index is 0.0136. The molecule has 2 rings (SSSR count). The molecular formula is C26H39FN2O7S. The lowest BCUT2D eigenvalue weighted by Crippen LogP contribution is -2.38. The van der Waals surface area contributed by atoms with Gasteiger partial charge in [0.25, 0.3) is 0 Å². The van der Waals surface area contributed by atoms with Crippen LogP contribution in [-0.2, 0) is 29.1 Å². The van der Waals surface area contributed by atoms with E-state index in [0.717, 1.165) is 0 Å². The molecule has 2 heterocycles. The maximum absolute atomic E-state index is 13.2. The lowest BCUT2D eigenvalue weighted by atomic mass is 9.91. The van der Waals surface area contributed by atoms with Gasteiger partial charge in [0, 0.05) is 52.1 Å². The number of esters is 1. The maximum atomic E-state index is 13.2. The molecule has 0 spiro atoms. The van der Waals surface area contributed by atoms with Crippen LogP contribution in [0, 0.1) is 5.92 Å². The van der Waals surface area contributed by atoms with Crippen LogP contribution in [0.2, 0.25) is 0 Å². The van der Waals surface area contributed by atoms with Crippen LogP contribution in [0.5, 0.6) is 5.88 Å². The standard InChI is InChI=1S/C26H39FN2O7S/c1-26(2,3)36-25(31)10-7-21(17-27)19-35-24-9-8-23(18-28-24)37(32,33)29-13-11-20(12-14-29)16-22(30)6-5-15-34-4/h8-9,17-18,20H,5-7,10-16,19H2,1-4H3. The van der Waals surface area contributed by atoms with Crippen molar-refractivity contribution in [3.63, 3.8) is 0 Å². The van der Waals surface area contributed by atoms with Gasteiger partial charge in [-0.2, -0.15) is 4.31 Å². The second-order valence-electron chi connectivity index (χ2n) is 10.2. The van der Waals surface area contributed by atoms with E-state index >= 15 is 0 Å². The highest BCUT2D eigenvalue weighted by atomic mass is 32.2. The van der Waals surface area contributed by atoms with E-state index in [2.05, 4.69) is 4.98 Å². The first kappa shape index (κ1) is 30.9. The molecule has 37 heavy (non-hydrogen) atoms. The number of rotatable bonds is 14. The zero-order chi connectivity index (χ0) is 27.5. The van der Waals surface area contributed by atoms with E-state index in [9.17, 15) is 22.4 Å². The quantitative estimate of drug-likeness (QED) is 0.254. The van der Waals surface area contributed by atoms with Crippen LogP contribution in [0.4, 0.5) is 4.39 Å². The van der Waals surface area contributed by atoms with Gasteiger partial charge in [-0.3, -0.25) is 9.59 Å². The molecular weight excluding hydrogens is 503 g/mol. The fourth-order valence-electron chi connectivity index (χ4n) is 3.93. The van der Waals surface area contributed by atoms with Crippen LogP contribution in [0.1, 0.15) is 65.7 Å². The highest BCUT2D eigenvalue weighted by molar-refractivity contribution is 7.89. The number of aromatic nitrogens is 1. The lowest BCUT2D eigenvalue weighted by Gasteiger charge is -2.30. The number of methoxy groups -OCH3 is 1. The Kier molecular flexibility index (Phi) is 12.1. The Morgan fingerprint density at radius 3 is 2.43 bits per heavy atom. The minimum atomic E-state index is -3.73. The molecule has 0 amide bonds. The molecule has 0 saturated carbocycles. The van der Waals surface area contributed by atoms with Crippen LogP contribution in [0.25, 0.3) is 0 Å². The van der Waals surface area contributed by atoms with Crippen molar-refractivity contribution < 1.29 is 36.6 Å². The number of Topliss-reactive ketones (excluding diaryl/α,β-unsaturated/α-hetero) is 1. The number of ether oxygens (including phenoxy) is 3. The number of carbonyl (C=O) groups is 2. The fourth-order valence-corrected chi connectivity index (χ4v) is 5.34. The van der Waals surface area contributed by atoms with Crippen molar-refractivity contribution in [2.24, 2.45) is 5.92 Å². The molecule has 0 atom stereocenters. The molecule has 9 nitrogen and oxygen atoms in total. The van der Waals surface area contributed by atoms with Crippen LogP contribution in [-0.4, -0.2) is 68.5 Å². The fraction of sp³-hybridized carbons (Fsp3) is 0.654. The van der Waals surface area contributed by atoms with E-state index in [-0.39, 0.29) is 47.5 Å². The number of sulfonamides is 1. The Morgan fingerprint density at radius 1 is 1.16 bits per heavy atom. The Hall–Kier alpha value is -2.37. The van der Waals surface area contributed by atoms with Gasteiger partial charge in [-0.25, -0.2) is 17.8 Å². The van der Waals surface area contributed by atoms with E-state index < -0.39 is 21.6 Å². The van der Waals surface area contributed by atoms with Crippen LogP contribution in [0.15, 0.2) is 35.1 Å². The first-order valence-corrected chi connectivity index (χ1v) is 14.0. The molecule has 0 unspecified atom stereocenters. The summed E-state index contributed by atoms with van der Waals surface area (Å²) in [5.74, 6) is 0.0794. The molecule has 0 N–H and O–H groups in total. The summed E-state index contributed by atoms with van der Waals surface area (Å²) in [5, 5.41) is 0. The Labute approximate surface area is 219 Å². The average molecular weight is 543 g/mol. The zero-order valence-corrected chi connectivity index (χ0v) is 23.0. The monoisotopic (exact) mass is 542 g/mol. The number of pyridine rings is 1. The molecule has 1 fully saturated rings. The van der Waals surface area contributed by atoms with Crippen LogP contribution in [0.3, 0.4) is 0 Å². The summed E-state index contributed by atoms with van der Waals surface area (Å²) in [6, 6.07) is 2.82. The third-order valence-electron chi connectivity index (χ3n) is 5.87. The molecule has 1 aromatic rings. The number of ketones is 1. The van der Waals surface area contributed by atoms with Crippen molar-refractivity contribution in [3.05, 3.63) is 30.2 Å². The number of carbonyl (C=O) groups excluding carboxylic acids is 2. The van der Waals surface area contributed by atoms with Crippen molar-refractivity contribution in [1.82, 2.24) is 9.29 Å². The van der Waals surface area contributed by atoms with E-state index in [1.807, 2.05) is 0 Å². The van der Waals surface area contributed by atoms with E-state index in [1.165, 1.54) is 22.6 Å². The van der Waals surface area contributed by atoms with E-state index in [4.69, 9.17) is 14.2 Å². The molecule has 1 aliphatic heterocycles. The van der Waals surface area contributed by atoms with Crippen molar-refractivity contribution >= 4 is 21.8 Å². The summed E-state index contributed by atoms with van der Waals surface area (Å²) < 4.78 is 56.3. The molecule has 0 radical (unpaired) electrons. The lowest BCUT2D eigenvalue weighted by molar-refractivity contribution is -0.154. The number of hydrogen-bond donors (Lipinski definition) is 0. The summed E-state index contributed by atoms with van der Waals surface area (Å²) in [5.41, 5.74) is -0.359. The first-order valence-electron chi connectivity index (χ1n) is 12.5. The second kappa shape index (κ2) is 14.5. The number of hydrogen-bond acceptors (Lipinski definition) is 8. The Balaban J connectivity index is 1.83. The molecule has 0 aromatic carbocycles. The summed E-state index contributed by atoms with van der Waals surface area (Å²) in [6.07, 6.45) is 4.67. The minimum Gasteiger partial charge on any atom is -0.473 e. The smallest absolute Gasteiger partial charge is 0.306 e. The van der Waals surface area contributed by atoms with Crippen molar-refractivity contribution in [2.45, 2.75) is 76.2 Å². The summed E-state index contributed by atoms with van der Waals surface area (Å²) >= 11 is 0. The summed E-state index contributed by atoms with van der Waals surface area (Å²) in [7, 11) is -2.12. The Bertz CT molecular complexity index is 1010. The van der Waals surface area contributed by atoms with E-state index in [0.29, 0.717) is 58.1 Å². The molecule has 0 aliphatic carbocycles. The maximum Gasteiger partial charge on any atom is 0.306 e. The average Bonchev–Trinajstić information content (AvgIpc) is 2.84. The third-order valence-corrected chi connectivity index (χ3v) is 7.75. The number of nitrogens with zero attached hydrogens (tertiary/aromatic N) is 2. The number of halogens is 1. The van der Waals surface area contributed by atoms with Crippen LogP contribution >= 0.6 is 0 Å². The predicted octanol–water partition coefficient (Wildman–Crippen LogP) is 4.22. The first-order chi connectivity index (χ1) is 17.4. The molecule has 1 saturated heterocycles. The van der Waals surface area contributed by atoms with Gasteiger partial charge >= 0.3 is 5.97 Å². The zero-order valence-electron chi connectivity index (χ0n) is 22.2. The topological polar surface area (TPSA) is 112 Å². The molecule has 0 bridgehead atoms. The van der Waals surface area contributed by atoms with Gasteiger partial charge in [0.1, 0.15) is 22.9 Å². The van der Waals surface area contributed by atoms with Gasteiger partial charge in [0.05, 0.1) is 12.5 Å². The highest BCUT2D eigenvalue weighted by Gasteiger charge is 2.30. The van der Waals surface area contributed by atoms with Gasteiger partial charge < -0.3 is 14.2 Å². The molecule has 208 valence electrons.